The molecule has 86 valence electrons. The Morgan fingerprint density at radius 1 is 1.41 bits per heavy atom. The highest BCUT2D eigenvalue weighted by Gasteiger charge is 2.14. The summed E-state index contributed by atoms with van der Waals surface area (Å²) in [5.74, 6) is 0.972. The zero-order chi connectivity index (χ0) is 12.3. The number of carbonyl (C=O) groups excluding carboxylic acids is 1. The van der Waals surface area contributed by atoms with Crippen LogP contribution in [0.3, 0.4) is 0 Å². The third-order valence-electron chi connectivity index (χ3n) is 2.05. The van der Waals surface area contributed by atoms with Crippen LogP contribution in [-0.2, 0) is 0 Å². The van der Waals surface area contributed by atoms with Crippen molar-refractivity contribution in [3.8, 4) is 5.75 Å². The number of benzene rings is 1. The highest BCUT2D eigenvalue weighted by Crippen LogP contribution is 2.20. The molecule has 0 fully saturated rings. The quantitative estimate of drug-likeness (QED) is 0.846. The fraction of sp³-hybridized carbons (Fsp3) is 0.0909. The van der Waals surface area contributed by atoms with Gasteiger partial charge in [0.2, 0.25) is 0 Å². The lowest BCUT2D eigenvalue weighted by Gasteiger charge is -2.09. The van der Waals surface area contributed by atoms with Crippen molar-refractivity contribution >= 4 is 17.6 Å². The molecule has 1 heterocycles. The largest absolute Gasteiger partial charge is 0.497 e. The molecule has 6 heteroatoms. The summed E-state index contributed by atoms with van der Waals surface area (Å²) >= 11 is 0. The van der Waals surface area contributed by atoms with Crippen molar-refractivity contribution in [1.29, 1.82) is 0 Å². The van der Waals surface area contributed by atoms with E-state index < -0.39 is 6.03 Å². The molecule has 1 N–H and O–H groups in total. The Kier molecular flexibility index (Phi) is 2.95. The van der Waals surface area contributed by atoms with Gasteiger partial charge in [-0.1, -0.05) is 17.8 Å². The number of urea groups is 1. The third-order valence-corrected chi connectivity index (χ3v) is 2.05. The van der Waals surface area contributed by atoms with E-state index in [1.54, 1.807) is 31.4 Å². The van der Waals surface area contributed by atoms with E-state index in [9.17, 15) is 4.79 Å². The summed E-state index contributed by atoms with van der Waals surface area (Å²) in [5, 5.41) is 9.36. The lowest BCUT2D eigenvalue weighted by Crippen LogP contribution is -2.31. The summed E-state index contributed by atoms with van der Waals surface area (Å²) < 4.78 is 5.07. The fourth-order valence-corrected chi connectivity index (χ4v) is 1.25. The Bertz CT molecular complexity index is 534. The van der Waals surface area contributed by atoms with Gasteiger partial charge < -0.3 is 4.74 Å². The highest BCUT2D eigenvalue weighted by molar-refractivity contribution is 6.09. The standard InChI is InChI=1S/C11H10N4O2/c1-7-10(13-11(16)15-14-7)12-8-4-3-5-9(6-8)17-2/h3-6H,1H2,2H3,(H,12,13,16). The number of methoxy groups -OCH3 is 1. The summed E-state index contributed by atoms with van der Waals surface area (Å²) in [7, 11) is 1.57. The van der Waals surface area contributed by atoms with Gasteiger partial charge in [-0.2, -0.15) is 0 Å². The van der Waals surface area contributed by atoms with E-state index in [0.717, 1.165) is 0 Å². The zero-order valence-corrected chi connectivity index (χ0v) is 9.17. The van der Waals surface area contributed by atoms with Gasteiger partial charge in [-0.25, -0.2) is 9.79 Å². The molecule has 2 amide bonds. The van der Waals surface area contributed by atoms with Crippen molar-refractivity contribution in [3.63, 3.8) is 0 Å². The van der Waals surface area contributed by atoms with Gasteiger partial charge in [0.05, 0.1) is 12.8 Å². The number of aliphatic imine (C=N–C) groups is 1. The molecule has 0 atom stereocenters. The van der Waals surface area contributed by atoms with Gasteiger partial charge >= 0.3 is 6.03 Å². The Balaban J connectivity index is 2.32. The van der Waals surface area contributed by atoms with Gasteiger partial charge in [-0.3, -0.25) is 5.32 Å². The minimum atomic E-state index is -0.556. The molecule has 6 nitrogen and oxygen atoms in total. The predicted octanol–water partition coefficient (Wildman–Crippen LogP) is 2.41. The lowest BCUT2D eigenvalue weighted by molar-refractivity contribution is 0.251. The maximum absolute atomic E-state index is 11.0. The SMILES string of the molecule is C=C1N=NC(=O)NC1=Nc1cccc(OC)c1. The topological polar surface area (TPSA) is 75.4 Å². The minimum absolute atomic E-state index is 0.290. The number of nitrogens with one attached hydrogen (secondary N) is 1. The number of amides is 2. The molecule has 2 rings (SSSR count). The molecule has 1 aromatic carbocycles. The molecule has 0 aromatic heterocycles. The highest BCUT2D eigenvalue weighted by atomic mass is 16.5. The van der Waals surface area contributed by atoms with Crippen LogP contribution in [0.15, 0.2) is 51.8 Å². The second-order valence-electron chi connectivity index (χ2n) is 3.24. The Morgan fingerprint density at radius 3 is 3.00 bits per heavy atom. The Morgan fingerprint density at radius 2 is 2.24 bits per heavy atom. The molecule has 0 saturated carbocycles. The maximum atomic E-state index is 11.0. The van der Waals surface area contributed by atoms with E-state index >= 15 is 0 Å². The van der Waals surface area contributed by atoms with Crippen molar-refractivity contribution in [2.75, 3.05) is 7.11 Å². The van der Waals surface area contributed by atoms with Crippen LogP contribution >= 0.6 is 0 Å². The van der Waals surface area contributed by atoms with Crippen molar-refractivity contribution in [3.05, 3.63) is 36.5 Å². The van der Waals surface area contributed by atoms with Crippen LogP contribution in [0, 0.1) is 0 Å². The first-order valence-electron chi connectivity index (χ1n) is 4.84. The number of carbonyl (C=O) groups is 1. The average molecular weight is 230 g/mol. The summed E-state index contributed by atoms with van der Waals surface area (Å²) in [5.41, 5.74) is 0.949. The molecule has 1 aliphatic rings. The molecule has 0 unspecified atom stereocenters. The van der Waals surface area contributed by atoms with Gasteiger partial charge in [-0.05, 0) is 12.1 Å². The first-order valence-corrected chi connectivity index (χ1v) is 4.84. The van der Waals surface area contributed by atoms with Gasteiger partial charge in [0.1, 0.15) is 11.4 Å². The Labute approximate surface area is 97.7 Å². The number of ether oxygens (including phenoxy) is 1. The number of azo groups is 1. The minimum Gasteiger partial charge on any atom is -0.497 e. The molecule has 1 aromatic rings. The van der Waals surface area contributed by atoms with E-state index in [1.807, 2.05) is 0 Å². The number of amidine groups is 1. The van der Waals surface area contributed by atoms with E-state index in [2.05, 4.69) is 27.1 Å². The van der Waals surface area contributed by atoms with Crippen LogP contribution in [-0.4, -0.2) is 19.0 Å². The first kappa shape index (κ1) is 11.0. The molecule has 0 radical (unpaired) electrons. The van der Waals surface area contributed by atoms with E-state index in [1.165, 1.54) is 0 Å². The molecule has 17 heavy (non-hydrogen) atoms. The molecule has 0 aliphatic carbocycles. The van der Waals surface area contributed by atoms with E-state index in [4.69, 9.17) is 4.74 Å². The molecular formula is C11H10N4O2. The number of hydrogen-bond donors (Lipinski definition) is 1. The second kappa shape index (κ2) is 4.56. The Hall–Kier alpha value is -2.50. The number of hydrogen-bond acceptors (Lipinski definition) is 4. The second-order valence-corrected chi connectivity index (χ2v) is 3.24. The number of nitrogens with zero attached hydrogens (tertiary/aromatic N) is 3. The molecule has 0 saturated heterocycles. The zero-order valence-electron chi connectivity index (χ0n) is 9.17. The average Bonchev–Trinajstić information content (AvgIpc) is 2.34. The van der Waals surface area contributed by atoms with Crippen LogP contribution in [0.5, 0.6) is 5.75 Å². The normalized spacial score (nSPS) is 17.1. The van der Waals surface area contributed by atoms with E-state index in [-0.39, 0.29) is 0 Å². The van der Waals surface area contributed by atoms with E-state index in [0.29, 0.717) is 23.0 Å². The van der Waals surface area contributed by atoms with Crippen molar-refractivity contribution < 1.29 is 9.53 Å². The van der Waals surface area contributed by atoms with Gasteiger partial charge in [0.15, 0.2) is 5.84 Å². The fourth-order valence-electron chi connectivity index (χ4n) is 1.25. The molecule has 0 spiro atoms. The molecule has 1 aliphatic heterocycles. The monoisotopic (exact) mass is 230 g/mol. The molecule has 0 bridgehead atoms. The summed E-state index contributed by atoms with van der Waals surface area (Å²) in [6.45, 7) is 3.63. The summed E-state index contributed by atoms with van der Waals surface area (Å²) in [6, 6.07) is 6.56. The van der Waals surface area contributed by atoms with Crippen molar-refractivity contribution in [1.82, 2.24) is 5.32 Å². The summed E-state index contributed by atoms with van der Waals surface area (Å²) in [6.07, 6.45) is 0. The van der Waals surface area contributed by atoms with Crippen LogP contribution < -0.4 is 10.1 Å². The van der Waals surface area contributed by atoms with Gasteiger partial charge in [-0.15, -0.1) is 5.11 Å². The van der Waals surface area contributed by atoms with Crippen molar-refractivity contribution in [2.24, 2.45) is 15.2 Å². The van der Waals surface area contributed by atoms with Crippen LogP contribution in [0.1, 0.15) is 0 Å². The van der Waals surface area contributed by atoms with Crippen LogP contribution in [0.2, 0.25) is 0 Å². The van der Waals surface area contributed by atoms with Gasteiger partial charge in [0, 0.05) is 6.07 Å². The third kappa shape index (κ3) is 2.54. The number of rotatable bonds is 2. The lowest BCUT2D eigenvalue weighted by atomic mass is 10.3. The smallest absolute Gasteiger partial charge is 0.365 e. The maximum Gasteiger partial charge on any atom is 0.365 e. The van der Waals surface area contributed by atoms with Crippen LogP contribution in [0.25, 0.3) is 0 Å². The molecular weight excluding hydrogens is 220 g/mol. The van der Waals surface area contributed by atoms with Crippen molar-refractivity contribution in [2.45, 2.75) is 0 Å². The summed E-state index contributed by atoms with van der Waals surface area (Å²) in [4.78, 5) is 15.2. The predicted molar refractivity (Wildman–Crippen MR) is 62.6 cm³/mol. The van der Waals surface area contributed by atoms with Crippen LogP contribution in [0.4, 0.5) is 10.5 Å². The first-order chi connectivity index (χ1) is 8.19. The van der Waals surface area contributed by atoms with Gasteiger partial charge in [0.25, 0.3) is 0 Å².